The van der Waals surface area contributed by atoms with Gasteiger partial charge in [0.1, 0.15) is 11.5 Å². The minimum Gasteiger partial charge on any atom is -0.497 e. The highest BCUT2D eigenvalue weighted by Crippen LogP contribution is 2.28. The van der Waals surface area contributed by atoms with Crippen LogP contribution in [-0.2, 0) is 12.3 Å². The fraction of sp³-hybridized carbons (Fsp3) is 0.300. The first-order valence-corrected chi connectivity index (χ1v) is 10.1. The van der Waals surface area contributed by atoms with Crippen molar-refractivity contribution in [2.75, 3.05) is 7.11 Å². The van der Waals surface area contributed by atoms with Crippen LogP contribution in [0.5, 0.6) is 11.5 Å². The van der Waals surface area contributed by atoms with Gasteiger partial charge in [0.2, 0.25) is 0 Å². The van der Waals surface area contributed by atoms with Crippen LogP contribution in [-0.4, -0.2) is 26.8 Å². The Bertz CT molecular complexity index is 975. The Morgan fingerprint density at radius 1 is 1.17 bits per heavy atom. The van der Waals surface area contributed by atoms with Gasteiger partial charge in [-0.1, -0.05) is 30.0 Å². The van der Waals surface area contributed by atoms with Crippen LogP contribution in [0, 0.1) is 10.1 Å². The van der Waals surface area contributed by atoms with Crippen molar-refractivity contribution in [2.24, 2.45) is 0 Å². The van der Waals surface area contributed by atoms with E-state index in [-0.39, 0.29) is 11.8 Å². The Morgan fingerprint density at radius 3 is 2.55 bits per heavy atom. The predicted molar refractivity (Wildman–Crippen MR) is 110 cm³/mol. The number of nitrogens with zero attached hydrogens (tertiary/aromatic N) is 4. The van der Waals surface area contributed by atoms with Gasteiger partial charge in [-0.05, 0) is 31.5 Å². The molecule has 0 aliphatic heterocycles. The summed E-state index contributed by atoms with van der Waals surface area (Å²) in [5, 5.41) is 20.2. The number of hydrogen-bond acceptors (Lipinski definition) is 7. The molecule has 0 amide bonds. The maximum atomic E-state index is 10.8. The molecule has 0 N–H and O–H groups in total. The van der Waals surface area contributed by atoms with Gasteiger partial charge in [0, 0.05) is 30.5 Å². The van der Waals surface area contributed by atoms with Crippen molar-refractivity contribution in [1.82, 2.24) is 14.8 Å². The first kappa shape index (κ1) is 20.7. The molecule has 1 unspecified atom stereocenters. The van der Waals surface area contributed by atoms with E-state index in [0.717, 1.165) is 22.3 Å². The highest BCUT2D eigenvalue weighted by Gasteiger charge is 2.19. The normalized spacial score (nSPS) is 11.8. The third kappa shape index (κ3) is 5.05. The van der Waals surface area contributed by atoms with E-state index in [4.69, 9.17) is 9.47 Å². The summed E-state index contributed by atoms with van der Waals surface area (Å²) >= 11 is 1.53. The summed E-state index contributed by atoms with van der Waals surface area (Å²) in [7, 11) is 1.62. The molecule has 0 fully saturated rings. The van der Waals surface area contributed by atoms with Gasteiger partial charge < -0.3 is 14.0 Å². The van der Waals surface area contributed by atoms with E-state index in [1.165, 1.54) is 23.9 Å². The van der Waals surface area contributed by atoms with Gasteiger partial charge >= 0.3 is 0 Å². The monoisotopic (exact) mass is 414 g/mol. The van der Waals surface area contributed by atoms with Crippen LogP contribution in [0.2, 0.25) is 0 Å². The molecule has 3 rings (SSSR count). The Labute approximate surface area is 173 Å². The lowest BCUT2D eigenvalue weighted by atomic mass is 10.2. The van der Waals surface area contributed by atoms with Crippen molar-refractivity contribution in [2.45, 2.75) is 37.4 Å². The second-order valence-electron chi connectivity index (χ2n) is 6.24. The van der Waals surface area contributed by atoms with E-state index in [0.29, 0.717) is 18.0 Å². The highest BCUT2D eigenvalue weighted by molar-refractivity contribution is 7.98. The summed E-state index contributed by atoms with van der Waals surface area (Å²) in [5.74, 6) is 2.80. The van der Waals surface area contributed by atoms with E-state index < -0.39 is 4.92 Å². The van der Waals surface area contributed by atoms with Crippen LogP contribution in [0.1, 0.15) is 31.3 Å². The molecule has 0 saturated heterocycles. The third-order valence-corrected chi connectivity index (χ3v) is 5.33. The second kappa shape index (κ2) is 9.42. The lowest BCUT2D eigenvalue weighted by Crippen LogP contribution is -2.12. The maximum Gasteiger partial charge on any atom is 0.269 e. The van der Waals surface area contributed by atoms with Crippen LogP contribution in [0.15, 0.2) is 53.7 Å². The number of nitro benzene ring substituents is 1. The summed E-state index contributed by atoms with van der Waals surface area (Å²) in [6.45, 7) is 4.66. The fourth-order valence-electron chi connectivity index (χ4n) is 2.80. The van der Waals surface area contributed by atoms with Gasteiger partial charge in [-0.15, -0.1) is 10.2 Å². The molecular formula is C20H22N4O4S. The SMILES string of the molecule is CCn1c(SCc2ccc([N+](=O)[O-])cc2)nnc1C(C)Oc1cccc(OC)c1. The van der Waals surface area contributed by atoms with Crippen molar-refractivity contribution < 1.29 is 14.4 Å². The quantitative estimate of drug-likeness (QED) is 0.286. The Morgan fingerprint density at radius 2 is 1.90 bits per heavy atom. The van der Waals surface area contributed by atoms with Crippen LogP contribution < -0.4 is 9.47 Å². The lowest BCUT2D eigenvalue weighted by Gasteiger charge is -2.16. The average Bonchev–Trinajstić information content (AvgIpc) is 3.15. The number of rotatable bonds is 9. The summed E-state index contributed by atoms with van der Waals surface area (Å²) in [6.07, 6.45) is -0.289. The van der Waals surface area contributed by atoms with Crippen molar-refractivity contribution >= 4 is 17.4 Å². The molecule has 29 heavy (non-hydrogen) atoms. The molecule has 9 heteroatoms. The molecule has 0 bridgehead atoms. The summed E-state index contributed by atoms with van der Waals surface area (Å²) in [6, 6.07) is 14.0. The number of methoxy groups -OCH3 is 1. The molecule has 1 aromatic heterocycles. The molecule has 0 saturated carbocycles. The maximum absolute atomic E-state index is 10.8. The fourth-order valence-corrected chi connectivity index (χ4v) is 3.76. The van der Waals surface area contributed by atoms with Crippen LogP contribution >= 0.6 is 11.8 Å². The number of ether oxygens (including phenoxy) is 2. The zero-order valence-corrected chi connectivity index (χ0v) is 17.3. The molecule has 0 aliphatic rings. The minimum atomic E-state index is -0.402. The third-order valence-electron chi connectivity index (χ3n) is 4.29. The highest BCUT2D eigenvalue weighted by atomic mass is 32.2. The van der Waals surface area contributed by atoms with Gasteiger partial charge in [-0.3, -0.25) is 10.1 Å². The van der Waals surface area contributed by atoms with Crippen molar-refractivity contribution in [3.63, 3.8) is 0 Å². The van der Waals surface area contributed by atoms with E-state index in [9.17, 15) is 10.1 Å². The van der Waals surface area contributed by atoms with E-state index in [2.05, 4.69) is 10.2 Å². The molecule has 1 atom stereocenters. The Balaban J connectivity index is 1.69. The van der Waals surface area contributed by atoms with E-state index >= 15 is 0 Å². The molecular weight excluding hydrogens is 392 g/mol. The molecule has 2 aromatic carbocycles. The number of benzene rings is 2. The molecule has 3 aromatic rings. The van der Waals surface area contributed by atoms with Crippen molar-refractivity contribution in [3.8, 4) is 11.5 Å². The number of non-ortho nitro benzene ring substituents is 1. The molecule has 152 valence electrons. The summed E-state index contributed by atoms with van der Waals surface area (Å²) in [4.78, 5) is 10.4. The molecule has 1 heterocycles. The molecule has 0 radical (unpaired) electrons. The van der Waals surface area contributed by atoms with E-state index in [1.807, 2.05) is 42.7 Å². The van der Waals surface area contributed by atoms with Crippen LogP contribution in [0.4, 0.5) is 5.69 Å². The van der Waals surface area contributed by atoms with Gasteiger partial charge in [0.15, 0.2) is 17.1 Å². The average molecular weight is 414 g/mol. The van der Waals surface area contributed by atoms with Crippen molar-refractivity contribution in [3.05, 3.63) is 70.0 Å². The second-order valence-corrected chi connectivity index (χ2v) is 7.18. The summed E-state index contributed by atoms with van der Waals surface area (Å²) < 4.78 is 13.3. The zero-order valence-electron chi connectivity index (χ0n) is 16.4. The number of nitro groups is 1. The lowest BCUT2D eigenvalue weighted by molar-refractivity contribution is -0.384. The predicted octanol–water partition coefficient (Wildman–Crippen LogP) is 4.65. The summed E-state index contributed by atoms with van der Waals surface area (Å²) in [5.41, 5.74) is 1.06. The molecule has 8 nitrogen and oxygen atoms in total. The number of thioether (sulfide) groups is 1. The molecule has 0 aliphatic carbocycles. The number of hydrogen-bond donors (Lipinski definition) is 0. The van der Waals surface area contributed by atoms with Gasteiger partial charge in [-0.2, -0.15) is 0 Å². The standard InChI is InChI=1S/C20H22N4O4S/c1-4-23-19(14(2)28-18-7-5-6-17(12-18)27-3)21-22-20(23)29-13-15-8-10-16(11-9-15)24(25)26/h5-12,14H,4,13H2,1-3H3. The Kier molecular flexibility index (Phi) is 6.71. The van der Waals surface area contributed by atoms with Gasteiger partial charge in [0.05, 0.1) is 12.0 Å². The number of aromatic nitrogens is 3. The minimum absolute atomic E-state index is 0.0845. The Hall–Kier alpha value is -3.07. The van der Waals surface area contributed by atoms with Crippen molar-refractivity contribution in [1.29, 1.82) is 0 Å². The first-order chi connectivity index (χ1) is 14.0. The van der Waals surface area contributed by atoms with E-state index in [1.54, 1.807) is 19.2 Å². The van der Waals surface area contributed by atoms with Gasteiger partial charge in [-0.25, -0.2) is 0 Å². The van der Waals surface area contributed by atoms with Crippen LogP contribution in [0.25, 0.3) is 0 Å². The van der Waals surface area contributed by atoms with Gasteiger partial charge in [0.25, 0.3) is 5.69 Å². The smallest absolute Gasteiger partial charge is 0.269 e. The first-order valence-electron chi connectivity index (χ1n) is 9.11. The zero-order chi connectivity index (χ0) is 20.8. The van der Waals surface area contributed by atoms with Crippen LogP contribution in [0.3, 0.4) is 0 Å². The molecule has 0 spiro atoms. The topological polar surface area (TPSA) is 92.3 Å². The largest absolute Gasteiger partial charge is 0.497 e.